The molecule has 1 N–H and O–H groups in total. The fourth-order valence-corrected chi connectivity index (χ4v) is 2.74. The molecule has 28 heavy (non-hydrogen) atoms. The maximum atomic E-state index is 12.6. The molecule has 0 heterocycles. The molecule has 3 aromatic carbocycles. The van der Waals surface area contributed by atoms with Crippen molar-refractivity contribution in [3.8, 4) is 5.75 Å². The largest absolute Gasteiger partial charge is 0.488 e. The zero-order chi connectivity index (χ0) is 19.8. The summed E-state index contributed by atoms with van der Waals surface area (Å²) in [5, 5.41) is 2.68. The molecular formula is C24H21NO3. The smallest absolute Gasteiger partial charge is 0.221 e. The zero-order valence-corrected chi connectivity index (χ0v) is 15.6. The standard InChI is InChI=1S/C24H21NO3/c1-18(26)25-22-13-7-6-12-21(22)23(27)16-15-20-11-5-8-14-24(20)28-17-19-9-3-2-4-10-19/h2-16H,17H2,1H3,(H,25,26). The van der Waals surface area contributed by atoms with Gasteiger partial charge in [-0.25, -0.2) is 0 Å². The van der Waals surface area contributed by atoms with E-state index in [0.29, 0.717) is 23.6 Å². The number of ether oxygens (including phenoxy) is 1. The summed E-state index contributed by atoms with van der Waals surface area (Å²) in [6.07, 6.45) is 3.22. The van der Waals surface area contributed by atoms with Gasteiger partial charge in [0.2, 0.25) is 5.91 Å². The molecule has 3 aromatic rings. The van der Waals surface area contributed by atoms with E-state index in [0.717, 1.165) is 11.1 Å². The molecule has 0 aliphatic rings. The Bertz CT molecular complexity index is 993. The van der Waals surface area contributed by atoms with Gasteiger partial charge in [-0.2, -0.15) is 0 Å². The molecule has 3 rings (SSSR count). The lowest BCUT2D eigenvalue weighted by Gasteiger charge is -2.09. The van der Waals surface area contributed by atoms with E-state index in [9.17, 15) is 9.59 Å². The number of hydrogen-bond donors (Lipinski definition) is 1. The first-order chi connectivity index (χ1) is 13.6. The number of anilines is 1. The first-order valence-electron chi connectivity index (χ1n) is 8.98. The highest BCUT2D eigenvalue weighted by Gasteiger charge is 2.09. The summed E-state index contributed by atoms with van der Waals surface area (Å²) in [6.45, 7) is 1.86. The number of ketones is 1. The maximum Gasteiger partial charge on any atom is 0.221 e. The Morgan fingerprint density at radius 1 is 0.893 bits per heavy atom. The first-order valence-corrected chi connectivity index (χ1v) is 8.98. The minimum atomic E-state index is -0.219. The zero-order valence-electron chi connectivity index (χ0n) is 15.6. The van der Waals surface area contributed by atoms with Gasteiger partial charge in [0.05, 0.1) is 5.69 Å². The van der Waals surface area contributed by atoms with Gasteiger partial charge in [-0.3, -0.25) is 9.59 Å². The summed E-state index contributed by atoms with van der Waals surface area (Å²) < 4.78 is 5.92. The van der Waals surface area contributed by atoms with Crippen LogP contribution in [0.3, 0.4) is 0 Å². The second-order valence-corrected chi connectivity index (χ2v) is 6.24. The molecule has 0 fully saturated rings. The summed E-state index contributed by atoms with van der Waals surface area (Å²) in [6, 6.07) is 24.4. The van der Waals surface area contributed by atoms with Crippen LogP contribution in [0.15, 0.2) is 84.9 Å². The number of nitrogens with one attached hydrogen (secondary N) is 1. The van der Waals surface area contributed by atoms with E-state index in [4.69, 9.17) is 4.74 Å². The van der Waals surface area contributed by atoms with Crippen molar-refractivity contribution in [1.82, 2.24) is 0 Å². The molecule has 4 heteroatoms. The summed E-state index contributed by atoms with van der Waals surface area (Å²) in [5.41, 5.74) is 2.82. The number of amides is 1. The summed E-state index contributed by atoms with van der Waals surface area (Å²) in [7, 11) is 0. The third kappa shape index (κ3) is 5.17. The second-order valence-electron chi connectivity index (χ2n) is 6.24. The lowest BCUT2D eigenvalue weighted by atomic mass is 10.1. The lowest BCUT2D eigenvalue weighted by molar-refractivity contribution is -0.114. The second kappa shape index (κ2) is 9.33. The highest BCUT2D eigenvalue weighted by molar-refractivity contribution is 6.12. The predicted octanol–water partition coefficient (Wildman–Crippen LogP) is 5.12. The van der Waals surface area contributed by atoms with Gasteiger partial charge in [0.25, 0.3) is 0 Å². The average Bonchev–Trinajstić information content (AvgIpc) is 2.72. The Balaban J connectivity index is 1.76. The molecular weight excluding hydrogens is 350 g/mol. The van der Waals surface area contributed by atoms with E-state index < -0.39 is 0 Å². The Hall–Kier alpha value is -3.66. The fourth-order valence-electron chi connectivity index (χ4n) is 2.74. The first kappa shape index (κ1) is 19.1. The SMILES string of the molecule is CC(=O)Nc1ccccc1C(=O)C=Cc1ccccc1OCc1ccccc1. The summed E-state index contributed by atoms with van der Waals surface area (Å²) in [4.78, 5) is 24.0. The Kier molecular flexibility index (Phi) is 6.37. The molecule has 0 bridgehead atoms. The number of carbonyl (C=O) groups is 2. The number of allylic oxidation sites excluding steroid dienone is 1. The van der Waals surface area contributed by atoms with Crippen LogP contribution in [0.1, 0.15) is 28.4 Å². The highest BCUT2D eigenvalue weighted by Crippen LogP contribution is 2.22. The number of para-hydroxylation sites is 2. The topological polar surface area (TPSA) is 55.4 Å². The van der Waals surface area contributed by atoms with Crippen molar-refractivity contribution in [1.29, 1.82) is 0 Å². The lowest BCUT2D eigenvalue weighted by Crippen LogP contribution is -2.10. The van der Waals surface area contributed by atoms with E-state index >= 15 is 0 Å². The van der Waals surface area contributed by atoms with E-state index in [2.05, 4.69) is 5.32 Å². The van der Waals surface area contributed by atoms with Crippen LogP contribution in [0.25, 0.3) is 6.08 Å². The normalized spacial score (nSPS) is 10.6. The number of hydrogen-bond acceptors (Lipinski definition) is 3. The molecule has 4 nitrogen and oxygen atoms in total. The van der Waals surface area contributed by atoms with Gasteiger partial charge in [0, 0.05) is 18.1 Å². The quantitative estimate of drug-likeness (QED) is 0.463. The van der Waals surface area contributed by atoms with Crippen molar-refractivity contribution in [2.45, 2.75) is 13.5 Å². The van der Waals surface area contributed by atoms with Crippen molar-refractivity contribution in [3.05, 3.63) is 102 Å². The van der Waals surface area contributed by atoms with E-state index in [1.807, 2.05) is 54.6 Å². The number of benzene rings is 3. The Morgan fingerprint density at radius 3 is 2.36 bits per heavy atom. The van der Waals surface area contributed by atoms with Crippen LogP contribution >= 0.6 is 0 Å². The van der Waals surface area contributed by atoms with Crippen molar-refractivity contribution >= 4 is 23.5 Å². The molecule has 0 radical (unpaired) electrons. The highest BCUT2D eigenvalue weighted by atomic mass is 16.5. The van der Waals surface area contributed by atoms with E-state index in [1.165, 1.54) is 13.0 Å². The number of rotatable bonds is 7. The monoisotopic (exact) mass is 371 g/mol. The van der Waals surface area contributed by atoms with Crippen LogP contribution in [0.5, 0.6) is 5.75 Å². The molecule has 0 saturated heterocycles. The van der Waals surface area contributed by atoms with Crippen molar-refractivity contribution in [2.24, 2.45) is 0 Å². The van der Waals surface area contributed by atoms with Crippen LogP contribution in [0.2, 0.25) is 0 Å². The van der Waals surface area contributed by atoms with Gasteiger partial charge in [0.1, 0.15) is 12.4 Å². The van der Waals surface area contributed by atoms with Crippen LogP contribution in [-0.2, 0) is 11.4 Å². The third-order valence-electron chi connectivity index (χ3n) is 4.07. The summed E-state index contributed by atoms with van der Waals surface area (Å²) >= 11 is 0. The Morgan fingerprint density at radius 2 is 1.57 bits per heavy atom. The molecule has 140 valence electrons. The van der Waals surface area contributed by atoms with Crippen molar-refractivity contribution < 1.29 is 14.3 Å². The Labute approximate surface area is 164 Å². The number of carbonyl (C=O) groups excluding carboxylic acids is 2. The minimum absolute atomic E-state index is 0.192. The van der Waals surface area contributed by atoms with Crippen molar-refractivity contribution in [3.63, 3.8) is 0 Å². The van der Waals surface area contributed by atoms with Gasteiger partial charge < -0.3 is 10.1 Å². The molecule has 0 aromatic heterocycles. The molecule has 0 aliphatic heterocycles. The predicted molar refractivity (Wildman–Crippen MR) is 111 cm³/mol. The maximum absolute atomic E-state index is 12.6. The molecule has 1 amide bonds. The van der Waals surface area contributed by atoms with E-state index in [1.54, 1.807) is 30.3 Å². The van der Waals surface area contributed by atoms with Crippen LogP contribution < -0.4 is 10.1 Å². The van der Waals surface area contributed by atoms with Gasteiger partial charge in [-0.1, -0.05) is 60.7 Å². The molecule has 0 spiro atoms. The van der Waals surface area contributed by atoms with Gasteiger partial charge in [0.15, 0.2) is 5.78 Å². The molecule has 0 unspecified atom stereocenters. The van der Waals surface area contributed by atoms with Gasteiger partial charge >= 0.3 is 0 Å². The molecule has 0 saturated carbocycles. The van der Waals surface area contributed by atoms with Gasteiger partial charge in [-0.15, -0.1) is 0 Å². The average molecular weight is 371 g/mol. The van der Waals surface area contributed by atoms with Crippen LogP contribution in [0.4, 0.5) is 5.69 Å². The fraction of sp³-hybridized carbons (Fsp3) is 0.0833. The van der Waals surface area contributed by atoms with Gasteiger partial charge in [-0.05, 0) is 35.9 Å². The third-order valence-corrected chi connectivity index (χ3v) is 4.07. The van der Waals surface area contributed by atoms with Crippen LogP contribution in [-0.4, -0.2) is 11.7 Å². The summed E-state index contributed by atoms with van der Waals surface area (Å²) in [5.74, 6) is 0.289. The minimum Gasteiger partial charge on any atom is -0.488 e. The molecule has 0 atom stereocenters. The molecule has 0 aliphatic carbocycles. The van der Waals surface area contributed by atoms with Crippen LogP contribution in [0, 0.1) is 0 Å². The van der Waals surface area contributed by atoms with Crippen molar-refractivity contribution in [2.75, 3.05) is 5.32 Å². The van der Waals surface area contributed by atoms with E-state index in [-0.39, 0.29) is 11.7 Å².